The van der Waals surface area contributed by atoms with E-state index in [4.69, 9.17) is 22.3 Å². The van der Waals surface area contributed by atoms with E-state index in [0.29, 0.717) is 17.4 Å². The smallest absolute Gasteiger partial charge is 0.138 e. The number of amidine groups is 1. The van der Waals surface area contributed by atoms with Crippen LogP contribution in [-0.2, 0) is 0 Å². The van der Waals surface area contributed by atoms with Crippen molar-refractivity contribution in [1.29, 1.82) is 0 Å². The number of benzene rings is 1. The molecule has 3 N–H and O–H groups in total. The lowest BCUT2D eigenvalue weighted by atomic mass is 9.98. The van der Waals surface area contributed by atoms with E-state index in [1.54, 1.807) is 12.4 Å². The molecule has 3 aromatic rings. The van der Waals surface area contributed by atoms with Crippen molar-refractivity contribution in [3.05, 3.63) is 71.7 Å². The second-order valence-electron chi connectivity index (χ2n) is 5.80. The zero-order chi connectivity index (χ0) is 17.2. The number of H-pyrrole nitrogens is 1. The van der Waals surface area contributed by atoms with Crippen LogP contribution in [0.4, 0.5) is 0 Å². The van der Waals surface area contributed by atoms with E-state index in [-0.39, 0.29) is 5.92 Å². The minimum absolute atomic E-state index is 0.00655. The summed E-state index contributed by atoms with van der Waals surface area (Å²) in [5.74, 6) is 1.19. The molecule has 0 radical (unpaired) electrons. The van der Waals surface area contributed by atoms with Crippen molar-refractivity contribution >= 4 is 17.4 Å². The predicted molar refractivity (Wildman–Crippen MR) is 100 cm³/mol. The van der Waals surface area contributed by atoms with Gasteiger partial charge in [0.25, 0.3) is 0 Å². The summed E-state index contributed by atoms with van der Waals surface area (Å²) in [7, 11) is 0. The van der Waals surface area contributed by atoms with Gasteiger partial charge in [0.15, 0.2) is 0 Å². The maximum atomic E-state index is 6.19. The Morgan fingerprint density at radius 1 is 1.04 bits per heavy atom. The van der Waals surface area contributed by atoms with Crippen molar-refractivity contribution in [3.8, 4) is 22.6 Å². The Balaban J connectivity index is 1.83. The maximum absolute atomic E-state index is 6.19. The van der Waals surface area contributed by atoms with Gasteiger partial charge in [-0.25, -0.2) is 4.98 Å². The third-order valence-electron chi connectivity index (χ3n) is 4.15. The van der Waals surface area contributed by atoms with Crippen molar-refractivity contribution in [2.45, 2.75) is 5.92 Å². The number of pyridine rings is 1. The van der Waals surface area contributed by atoms with Crippen LogP contribution >= 0.6 is 11.6 Å². The Morgan fingerprint density at radius 3 is 2.52 bits per heavy atom. The molecule has 0 fully saturated rings. The average molecular weight is 350 g/mol. The summed E-state index contributed by atoms with van der Waals surface area (Å²) in [6.45, 7) is 0.538. The predicted octanol–water partition coefficient (Wildman–Crippen LogP) is 3.72. The monoisotopic (exact) mass is 349 g/mol. The van der Waals surface area contributed by atoms with Crippen LogP contribution in [-0.4, -0.2) is 27.3 Å². The molecule has 0 saturated carbocycles. The molecule has 4 rings (SSSR count). The molecule has 5 nitrogen and oxygen atoms in total. The maximum Gasteiger partial charge on any atom is 0.138 e. The number of hydrogen-bond acceptors (Lipinski definition) is 4. The molecule has 0 spiro atoms. The number of aromatic amines is 1. The lowest BCUT2D eigenvalue weighted by Gasteiger charge is -2.16. The van der Waals surface area contributed by atoms with E-state index in [1.807, 2.05) is 48.5 Å². The summed E-state index contributed by atoms with van der Waals surface area (Å²) in [6.07, 6.45) is 5.45. The van der Waals surface area contributed by atoms with Gasteiger partial charge < -0.3 is 10.7 Å². The van der Waals surface area contributed by atoms with E-state index in [0.717, 1.165) is 28.3 Å². The molecule has 25 heavy (non-hydrogen) atoms. The summed E-state index contributed by atoms with van der Waals surface area (Å²) in [4.78, 5) is 16.7. The van der Waals surface area contributed by atoms with Crippen LogP contribution in [0.15, 0.2) is 71.0 Å². The average Bonchev–Trinajstić information content (AvgIpc) is 3.11. The molecule has 0 saturated heterocycles. The van der Waals surface area contributed by atoms with Gasteiger partial charge >= 0.3 is 0 Å². The Labute approximate surface area is 150 Å². The normalized spacial score (nSPS) is 17.1. The number of aliphatic imine (C=N–C) groups is 1. The fourth-order valence-electron chi connectivity index (χ4n) is 2.88. The molecular formula is C19H16ClN5. The topological polar surface area (TPSA) is 80.0 Å². The summed E-state index contributed by atoms with van der Waals surface area (Å²) in [5, 5.41) is 0.479. The van der Waals surface area contributed by atoms with Gasteiger partial charge in [0.2, 0.25) is 0 Å². The van der Waals surface area contributed by atoms with Crippen molar-refractivity contribution in [1.82, 2.24) is 15.0 Å². The highest BCUT2D eigenvalue weighted by molar-refractivity contribution is 6.43. The zero-order valence-electron chi connectivity index (χ0n) is 13.4. The Bertz CT molecular complexity index is 944. The van der Waals surface area contributed by atoms with Gasteiger partial charge in [-0.1, -0.05) is 48.0 Å². The zero-order valence-corrected chi connectivity index (χ0v) is 14.1. The number of rotatable bonds is 3. The minimum Gasteiger partial charge on any atom is -0.383 e. The third-order valence-corrected chi connectivity index (χ3v) is 4.47. The highest BCUT2D eigenvalue weighted by Gasteiger charge is 2.23. The number of dihydropyridines is 1. The third kappa shape index (κ3) is 3.06. The number of nitrogens with one attached hydrogen (secondary N) is 1. The first-order chi connectivity index (χ1) is 12.2. The fourth-order valence-corrected chi connectivity index (χ4v) is 3.09. The summed E-state index contributed by atoms with van der Waals surface area (Å²) in [6, 6.07) is 13.9. The summed E-state index contributed by atoms with van der Waals surface area (Å²) >= 11 is 6.19. The molecule has 0 amide bonds. The van der Waals surface area contributed by atoms with E-state index >= 15 is 0 Å². The van der Waals surface area contributed by atoms with Crippen LogP contribution < -0.4 is 5.73 Å². The second-order valence-corrected chi connectivity index (χ2v) is 6.20. The summed E-state index contributed by atoms with van der Waals surface area (Å²) in [5.41, 5.74) is 9.65. The first-order valence-electron chi connectivity index (χ1n) is 7.95. The van der Waals surface area contributed by atoms with Crippen molar-refractivity contribution < 1.29 is 0 Å². The van der Waals surface area contributed by atoms with Crippen LogP contribution in [0, 0.1) is 0 Å². The molecule has 3 heterocycles. The van der Waals surface area contributed by atoms with E-state index in [9.17, 15) is 0 Å². The molecule has 0 aliphatic carbocycles. The molecule has 124 valence electrons. The van der Waals surface area contributed by atoms with Gasteiger partial charge in [0.1, 0.15) is 11.7 Å². The molecule has 1 atom stereocenters. The largest absolute Gasteiger partial charge is 0.383 e. The van der Waals surface area contributed by atoms with Crippen molar-refractivity contribution in [2.24, 2.45) is 10.7 Å². The van der Waals surface area contributed by atoms with Crippen molar-refractivity contribution in [2.75, 3.05) is 6.54 Å². The van der Waals surface area contributed by atoms with Crippen LogP contribution in [0.25, 0.3) is 22.6 Å². The molecule has 6 heteroatoms. The quantitative estimate of drug-likeness (QED) is 0.756. The molecule has 1 aromatic carbocycles. The first-order valence-corrected chi connectivity index (χ1v) is 8.33. The second kappa shape index (κ2) is 6.53. The molecule has 0 bridgehead atoms. The number of imidazole rings is 1. The number of nitrogens with zero attached hydrogens (tertiary/aromatic N) is 3. The number of hydrogen-bond donors (Lipinski definition) is 2. The van der Waals surface area contributed by atoms with E-state index < -0.39 is 0 Å². The molecule has 1 unspecified atom stereocenters. The van der Waals surface area contributed by atoms with Crippen LogP contribution in [0.5, 0.6) is 0 Å². The molecule has 1 aliphatic heterocycles. The van der Waals surface area contributed by atoms with Crippen molar-refractivity contribution in [3.63, 3.8) is 0 Å². The fraction of sp³-hybridized carbons (Fsp3) is 0.105. The number of aromatic nitrogens is 3. The number of nitrogens with two attached hydrogens (primary N) is 1. The van der Waals surface area contributed by atoms with Gasteiger partial charge in [-0.2, -0.15) is 0 Å². The van der Waals surface area contributed by atoms with E-state index in [1.165, 1.54) is 0 Å². The lowest BCUT2D eigenvalue weighted by Crippen LogP contribution is -2.19. The Kier molecular flexibility index (Phi) is 4.07. The molecular weight excluding hydrogens is 334 g/mol. The molecule has 1 aliphatic rings. The summed E-state index contributed by atoms with van der Waals surface area (Å²) < 4.78 is 0. The molecule has 2 aromatic heterocycles. The minimum atomic E-state index is -0.00655. The van der Waals surface area contributed by atoms with E-state index in [2.05, 4.69) is 15.0 Å². The van der Waals surface area contributed by atoms with Crippen LogP contribution in [0.2, 0.25) is 0 Å². The Hall–Kier alpha value is -2.92. The van der Waals surface area contributed by atoms with Gasteiger partial charge in [-0.05, 0) is 12.1 Å². The first kappa shape index (κ1) is 15.6. The highest BCUT2D eigenvalue weighted by atomic mass is 35.5. The van der Waals surface area contributed by atoms with Gasteiger partial charge in [0, 0.05) is 29.4 Å². The van der Waals surface area contributed by atoms with Crippen LogP contribution in [0.3, 0.4) is 0 Å². The van der Waals surface area contributed by atoms with Gasteiger partial charge in [-0.3, -0.25) is 9.98 Å². The SMILES string of the molecule is NC1=NCC(c2[nH]c(-c3ccccc3)nc2-c2ccncc2)C=C1Cl. The van der Waals surface area contributed by atoms with Crippen LogP contribution in [0.1, 0.15) is 11.6 Å². The lowest BCUT2D eigenvalue weighted by molar-refractivity contribution is 0.813. The van der Waals surface area contributed by atoms with Gasteiger partial charge in [0.05, 0.1) is 23.0 Å². The Morgan fingerprint density at radius 2 is 1.80 bits per heavy atom. The highest BCUT2D eigenvalue weighted by Crippen LogP contribution is 2.33. The van der Waals surface area contributed by atoms with Gasteiger partial charge in [-0.15, -0.1) is 0 Å². The standard InChI is InChI=1S/C19H16ClN5/c20-15-10-14(11-23-18(15)21)17-16(12-6-8-22-9-7-12)24-19(25-17)13-4-2-1-3-5-13/h1-10,14H,11H2,(H2,21,23)(H,24,25). The number of halogens is 1.